The number of aromatic nitrogens is 1. The zero-order chi connectivity index (χ0) is 22.5. The number of esters is 1. The maximum Gasteiger partial charge on any atom is 0.343 e. The molecule has 2 aromatic heterocycles. The van der Waals surface area contributed by atoms with Gasteiger partial charge in [0.2, 0.25) is 5.75 Å². The molecule has 0 atom stereocenters. The molecule has 32 heavy (non-hydrogen) atoms. The molecule has 0 aliphatic heterocycles. The molecule has 0 fully saturated rings. The molecule has 164 valence electrons. The molecule has 0 N–H and O–H groups in total. The maximum atomic E-state index is 13.6. The van der Waals surface area contributed by atoms with Gasteiger partial charge in [-0.25, -0.2) is 4.79 Å². The first-order valence-electron chi connectivity index (χ1n) is 10.2. The van der Waals surface area contributed by atoms with Crippen LogP contribution in [-0.2, 0) is 17.9 Å². The summed E-state index contributed by atoms with van der Waals surface area (Å²) in [5.74, 6) is 0.193. The molecule has 6 nitrogen and oxygen atoms in total. The fourth-order valence-corrected chi connectivity index (χ4v) is 4.39. The van der Waals surface area contributed by atoms with Crippen LogP contribution in [-0.4, -0.2) is 24.3 Å². The van der Waals surface area contributed by atoms with Crippen molar-refractivity contribution < 1.29 is 19.0 Å². The van der Waals surface area contributed by atoms with Crippen molar-refractivity contribution in [3.05, 3.63) is 93.1 Å². The summed E-state index contributed by atoms with van der Waals surface area (Å²) in [6, 6.07) is 18.9. The Morgan fingerprint density at radius 3 is 2.44 bits per heavy atom. The van der Waals surface area contributed by atoms with Gasteiger partial charge in [-0.2, -0.15) is 0 Å². The highest BCUT2D eigenvalue weighted by Crippen LogP contribution is 2.31. The Balaban J connectivity index is 1.82. The predicted octanol–water partition coefficient (Wildman–Crippen LogP) is 4.88. The molecule has 0 bridgehead atoms. The van der Waals surface area contributed by atoms with Gasteiger partial charge in [0.25, 0.3) is 5.56 Å². The first kappa shape index (κ1) is 21.6. The van der Waals surface area contributed by atoms with Crippen LogP contribution in [0.1, 0.15) is 28.4 Å². The molecule has 4 aromatic rings. The molecule has 0 aliphatic carbocycles. The van der Waals surface area contributed by atoms with Gasteiger partial charge in [-0.15, -0.1) is 11.3 Å². The topological polar surface area (TPSA) is 66.8 Å². The Hall–Kier alpha value is -3.58. The van der Waals surface area contributed by atoms with Crippen molar-refractivity contribution in [2.45, 2.75) is 20.1 Å². The molecule has 0 radical (unpaired) electrons. The van der Waals surface area contributed by atoms with Crippen molar-refractivity contribution in [2.24, 2.45) is 0 Å². The molecule has 0 aliphatic rings. The first-order valence-corrected chi connectivity index (χ1v) is 11.1. The molecule has 2 heterocycles. The molecule has 0 spiro atoms. The van der Waals surface area contributed by atoms with Gasteiger partial charge in [0.05, 0.1) is 30.5 Å². The van der Waals surface area contributed by atoms with Gasteiger partial charge in [0.1, 0.15) is 17.9 Å². The Labute approximate surface area is 189 Å². The van der Waals surface area contributed by atoms with E-state index in [0.29, 0.717) is 16.8 Å². The highest BCUT2D eigenvalue weighted by molar-refractivity contribution is 7.17. The summed E-state index contributed by atoms with van der Waals surface area (Å²) < 4.78 is 18.8. The van der Waals surface area contributed by atoms with E-state index in [4.69, 9.17) is 14.2 Å². The monoisotopic (exact) mass is 449 g/mol. The number of nitrogens with zero attached hydrogens (tertiary/aromatic N) is 1. The van der Waals surface area contributed by atoms with E-state index >= 15 is 0 Å². The number of hydrogen-bond acceptors (Lipinski definition) is 6. The lowest BCUT2D eigenvalue weighted by Gasteiger charge is -2.16. The summed E-state index contributed by atoms with van der Waals surface area (Å²) in [4.78, 5) is 26.4. The minimum absolute atomic E-state index is 0.00997. The second-order valence-corrected chi connectivity index (χ2v) is 7.99. The van der Waals surface area contributed by atoms with E-state index in [1.54, 1.807) is 18.6 Å². The minimum Gasteiger partial charge on any atom is -0.497 e. The van der Waals surface area contributed by atoms with Gasteiger partial charge in [0, 0.05) is 0 Å². The lowest BCUT2D eigenvalue weighted by atomic mass is 10.1. The molecule has 0 unspecified atom stereocenters. The van der Waals surface area contributed by atoms with Gasteiger partial charge in [-0.1, -0.05) is 42.5 Å². The van der Waals surface area contributed by atoms with E-state index in [-0.39, 0.29) is 30.1 Å². The Kier molecular flexibility index (Phi) is 6.56. The SMILES string of the molecule is CCOC(=O)c1c(OCc2ccccc2)c(=O)n(Cc2ccc(OC)cc2)c2ccsc12. The number of rotatable bonds is 8. The van der Waals surface area contributed by atoms with Gasteiger partial charge in [-0.05, 0) is 41.6 Å². The largest absolute Gasteiger partial charge is 0.497 e. The fourth-order valence-electron chi connectivity index (χ4n) is 3.47. The van der Waals surface area contributed by atoms with Crippen LogP contribution in [0.3, 0.4) is 0 Å². The third kappa shape index (κ3) is 4.38. The van der Waals surface area contributed by atoms with Crippen LogP contribution < -0.4 is 15.0 Å². The number of benzene rings is 2. The molecular formula is C25H23NO5S. The quantitative estimate of drug-likeness (QED) is 0.359. The van der Waals surface area contributed by atoms with Crippen LogP contribution in [0.4, 0.5) is 0 Å². The van der Waals surface area contributed by atoms with Crippen molar-refractivity contribution >= 4 is 27.5 Å². The van der Waals surface area contributed by atoms with E-state index in [2.05, 4.69) is 0 Å². The fraction of sp³-hybridized carbons (Fsp3) is 0.200. The average molecular weight is 450 g/mol. The molecule has 2 aromatic carbocycles. The van der Waals surface area contributed by atoms with E-state index in [1.165, 1.54) is 11.3 Å². The summed E-state index contributed by atoms with van der Waals surface area (Å²) in [7, 11) is 1.61. The summed E-state index contributed by atoms with van der Waals surface area (Å²) in [6.07, 6.45) is 0. The van der Waals surface area contributed by atoms with E-state index in [9.17, 15) is 9.59 Å². The Morgan fingerprint density at radius 2 is 1.75 bits per heavy atom. The molecule has 0 saturated heterocycles. The van der Waals surface area contributed by atoms with Crippen LogP contribution in [0.15, 0.2) is 70.8 Å². The van der Waals surface area contributed by atoms with Crippen LogP contribution in [0, 0.1) is 0 Å². The van der Waals surface area contributed by atoms with E-state index < -0.39 is 5.97 Å². The summed E-state index contributed by atoms with van der Waals surface area (Å²) in [6.45, 7) is 2.44. The molecule has 7 heteroatoms. The van der Waals surface area contributed by atoms with Gasteiger partial charge in [0.15, 0.2) is 0 Å². The summed E-state index contributed by atoms with van der Waals surface area (Å²) in [5.41, 5.74) is 2.31. The van der Waals surface area contributed by atoms with Crippen molar-refractivity contribution in [2.75, 3.05) is 13.7 Å². The number of carbonyl (C=O) groups is 1. The van der Waals surface area contributed by atoms with Crippen LogP contribution in [0.25, 0.3) is 10.2 Å². The standard InChI is InChI=1S/C25H23NO5S/c1-3-30-25(28)21-22(31-16-18-7-5-4-6-8-18)24(27)26(20-13-14-32-23(20)21)15-17-9-11-19(29-2)12-10-17/h4-14H,3,15-16H2,1-2H3. The zero-order valence-corrected chi connectivity index (χ0v) is 18.7. The lowest BCUT2D eigenvalue weighted by Crippen LogP contribution is -2.26. The maximum absolute atomic E-state index is 13.6. The number of pyridine rings is 1. The zero-order valence-electron chi connectivity index (χ0n) is 17.9. The van der Waals surface area contributed by atoms with Crippen molar-refractivity contribution in [3.63, 3.8) is 0 Å². The minimum atomic E-state index is -0.559. The second-order valence-electron chi connectivity index (χ2n) is 7.07. The normalized spacial score (nSPS) is 10.8. The Morgan fingerprint density at radius 1 is 1.00 bits per heavy atom. The van der Waals surface area contributed by atoms with Crippen molar-refractivity contribution in [1.29, 1.82) is 0 Å². The summed E-state index contributed by atoms with van der Waals surface area (Å²) in [5, 5.41) is 1.86. The molecule has 0 saturated carbocycles. The van der Waals surface area contributed by atoms with Crippen molar-refractivity contribution in [3.8, 4) is 11.5 Å². The van der Waals surface area contributed by atoms with Gasteiger partial charge < -0.3 is 14.2 Å². The van der Waals surface area contributed by atoms with E-state index in [0.717, 1.165) is 16.9 Å². The van der Waals surface area contributed by atoms with Gasteiger partial charge in [-0.3, -0.25) is 9.36 Å². The highest BCUT2D eigenvalue weighted by Gasteiger charge is 2.25. The molecule has 0 amide bonds. The number of methoxy groups -OCH3 is 1. The second kappa shape index (κ2) is 9.70. The first-order chi connectivity index (χ1) is 15.6. The number of ether oxygens (including phenoxy) is 3. The predicted molar refractivity (Wildman–Crippen MR) is 125 cm³/mol. The van der Waals surface area contributed by atoms with Crippen LogP contribution in [0.5, 0.6) is 11.5 Å². The third-order valence-electron chi connectivity index (χ3n) is 5.03. The number of carbonyl (C=O) groups excluding carboxylic acids is 1. The third-order valence-corrected chi connectivity index (χ3v) is 5.96. The highest BCUT2D eigenvalue weighted by atomic mass is 32.1. The lowest BCUT2D eigenvalue weighted by molar-refractivity contribution is 0.0523. The Bertz CT molecular complexity index is 1280. The molecule has 4 rings (SSSR count). The van der Waals surface area contributed by atoms with Crippen LogP contribution >= 0.6 is 11.3 Å². The van der Waals surface area contributed by atoms with Crippen LogP contribution in [0.2, 0.25) is 0 Å². The number of thiophene rings is 1. The number of fused-ring (bicyclic) bond motifs is 1. The number of hydrogen-bond donors (Lipinski definition) is 0. The average Bonchev–Trinajstić information content (AvgIpc) is 3.30. The van der Waals surface area contributed by atoms with Crippen molar-refractivity contribution in [1.82, 2.24) is 4.57 Å². The van der Waals surface area contributed by atoms with E-state index in [1.807, 2.05) is 66.0 Å². The van der Waals surface area contributed by atoms with Gasteiger partial charge >= 0.3 is 5.97 Å². The summed E-state index contributed by atoms with van der Waals surface area (Å²) >= 11 is 1.38. The smallest absolute Gasteiger partial charge is 0.343 e. The molecular weight excluding hydrogens is 426 g/mol.